The average molecular weight is 418 g/mol. The summed E-state index contributed by atoms with van der Waals surface area (Å²) in [6.07, 6.45) is 5.57. The molecular formula is C17H23IO2S. The maximum Gasteiger partial charge on any atom is 0.307 e. The van der Waals surface area contributed by atoms with E-state index in [0.29, 0.717) is 0 Å². The van der Waals surface area contributed by atoms with Crippen molar-refractivity contribution in [1.82, 2.24) is 0 Å². The SMILES string of the molecule is CCCCCC/C(=C/SCc1ccccc1I)OC(C)=O. The third-order valence-corrected chi connectivity index (χ3v) is 4.92. The van der Waals surface area contributed by atoms with Gasteiger partial charge in [-0.25, -0.2) is 0 Å². The third kappa shape index (κ3) is 8.51. The van der Waals surface area contributed by atoms with E-state index in [1.807, 2.05) is 11.5 Å². The summed E-state index contributed by atoms with van der Waals surface area (Å²) in [6.45, 7) is 3.66. The molecule has 0 spiro atoms. The van der Waals surface area contributed by atoms with E-state index in [2.05, 4.69) is 47.7 Å². The number of benzene rings is 1. The van der Waals surface area contributed by atoms with E-state index in [4.69, 9.17) is 4.74 Å². The van der Waals surface area contributed by atoms with E-state index >= 15 is 0 Å². The number of carbonyl (C=O) groups is 1. The van der Waals surface area contributed by atoms with Gasteiger partial charge in [0.25, 0.3) is 0 Å². The zero-order valence-corrected chi connectivity index (χ0v) is 15.7. The number of allylic oxidation sites excluding steroid dienone is 1. The molecule has 116 valence electrons. The Morgan fingerprint density at radius 3 is 2.71 bits per heavy atom. The number of halogens is 1. The Hall–Kier alpha value is -0.490. The van der Waals surface area contributed by atoms with Gasteiger partial charge in [-0.1, -0.05) is 44.4 Å². The Bertz CT molecular complexity index is 472. The number of rotatable bonds is 9. The maximum absolute atomic E-state index is 11.2. The highest BCUT2D eigenvalue weighted by atomic mass is 127. The summed E-state index contributed by atoms with van der Waals surface area (Å²) in [5.41, 5.74) is 1.31. The van der Waals surface area contributed by atoms with Crippen molar-refractivity contribution in [3.8, 4) is 0 Å². The lowest BCUT2D eigenvalue weighted by atomic mass is 10.1. The summed E-state index contributed by atoms with van der Waals surface area (Å²) in [5, 5.41) is 2.00. The van der Waals surface area contributed by atoms with Gasteiger partial charge in [-0.15, -0.1) is 11.8 Å². The second kappa shape index (κ2) is 11.1. The summed E-state index contributed by atoms with van der Waals surface area (Å²) in [6, 6.07) is 8.34. The minimum Gasteiger partial charge on any atom is -0.431 e. The zero-order chi connectivity index (χ0) is 15.5. The molecule has 0 aliphatic rings. The largest absolute Gasteiger partial charge is 0.431 e. The van der Waals surface area contributed by atoms with Gasteiger partial charge in [0.15, 0.2) is 0 Å². The van der Waals surface area contributed by atoms with Gasteiger partial charge in [0.1, 0.15) is 5.76 Å². The van der Waals surface area contributed by atoms with E-state index in [9.17, 15) is 4.79 Å². The molecule has 0 aliphatic carbocycles. The van der Waals surface area contributed by atoms with Gasteiger partial charge in [-0.2, -0.15) is 0 Å². The molecule has 0 radical (unpaired) electrons. The molecule has 0 heterocycles. The van der Waals surface area contributed by atoms with Crippen LogP contribution in [0.25, 0.3) is 0 Å². The minimum absolute atomic E-state index is 0.230. The fraction of sp³-hybridized carbons (Fsp3) is 0.471. The van der Waals surface area contributed by atoms with Crippen LogP contribution in [0.2, 0.25) is 0 Å². The Balaban J connectivity index is 2.49. The highest BCUT2D eigenvalue weighted by molar-refractivity contribution is 14.1. The lowest BCUT2D eigenvalue weighted by Gasteiger charge is -2.07. The van der Waals surface area contributed by atoms with Gasteiger partial charge in [-0.3, -0.25) is 4.79 Å². The Kier molecular flexibility index (Phi) is 9.83. The highest BCUT2D eigenvalue weighted by Gasteiger charge is 2.04. The molecule has 0 fully saturated rings. The first-order valence-electron chi connectivity index (χ1n) is 7.36. The number of hydrogen-bond donors (Lipinski definition) is 0. The van der Waals surface area contributed by atoms with Crippen molar-refractivity contribution >= 4 is 40.3 Å². The van der Waals surface area contributed by atoms with Crippen LogP contribution in [0.5, 0.6) is 0 Å². The molecule has 0 saturated heterocycles. The van der Waals surface area contributed by atoms with E-state index in [1.165, 1.54) is 35.3 Å². The van der Waals surface area contributed by atoms with Crippen molar-refractivity contribution in [3.63, 3.8) is 0 Å². The summed E-state index contributed by atoms with van der Waals surface area (Å²) < 4.78 is 6.57. The van der Waals surface area contributed by atoms with Crippen molar-refractivity contribution in [2.75, 3.05) is 0 Å². The second-order valence-corrected chi connectivity index (χ2v) is 6.91. The molecule has 0 amide bonds. The number of hydrogen-bond acceptors (Lipinski definition) is 3. The Labute approximate surface area is 145 Å². The van der Waals surface area contributed by atoms with Crippen LogP contribution in [0.15, 0.2) is 35.4 Å². The molecule has 21 heavy (non-hydrogen) atoms. The van der Waals surface area contributed by atoms with Crippen LogP contribution in [0, 0.1) is 3.57 Å². The smallest absolute Gasteiger partial charge is 0.307 e. The molecule has 4 heteroatoms. The van der Waals surface area contributed by atoms with Crippen molar-refractivity contribution in [1.29, 1.82) is 0 Å². The summed E-state index contributed by atoms with van der Waals surface area (Å²) >= 11 is 4.04. The summed E-state index contributed by atoms with van der Waals surface area (Å²) in [5.74, 6) is 1.47. The first kappa shape index (κ1) is 18.6. The number of carbonyl (C=O) groups excluding carboxylic acids is 1. The van der Waals surface area contributed by atoms with Gasteiger partial charge in [-0.05, 0) is 40.6 Å². The Morgan fingerprint density at radius 1 is 1.29 bits per heavy atom. The number of esters is 1. The van der Waals surface area contributed by atoms with Crippen LogP contribution in [0.3, 0.4) is 0 Å². The topological polar surface area (TPSA) is 26.3 Å². The molecule has 0 bridgehead atoms. The number of unbranched alkanes of at least 4 members (excludes halogenated alkanes) is 3. The molecule has 0 aromatic heterocycles. The minimum atomic E-state index is -0.230. The molecular weight excluding hydrogens is 395 g/mol. The predicted molar refractivity (Wildman–Crippen MR) is 99.1 cm³/mol. The lowest BCUT2D eigenvalue weighted by molar-refractivity contribution is -0.137. The highest BCUT2D eigenvalue weighted by Crippen LogP contribution is 2.22. The molecule has 1 rings (SSSR count). The zero-order valence-electron chi connectivity index (χ0n) is 12.7. The van der Waals surface area contributed by atoms with Crippen molar-refractivity contribution in [2.45, 2.75) is 51.7 Å². The lowest BCUT2D eigenvalue weighted by Crippen LogP contribution is -1.99. The number of thioether (sulfide) groups is 1. The molecule has 0 saturated carbocycles. The first-order valence-corrected chi connectivity index (χ1v) is 9.48. The molecule has 0 N–H and O–H groups in total. The van der Waals surface area contributed by atoms with Crippen LogP contribution in [-0.2, 0) is 15.3 Å². The monoisotopic (exact) mass is 418 g/mol. The molecule has 2 nitrogen and oxygen atoms in total. The van der Waals surface area contributed by atoms with Gasteiger partial charge in [0, 0.05) is 28.1 Å². The van der Waals surface area contributed by atoms with Crippen molar-refractivity contribution < 1.29 is 9.53 Å². The summed E-state index contributed by atoms with van der Waals surface area (Å²) in [4.78, 5) is 11.2. The third-order valence-electron chi connectivity index (χ3n) is 2.96. The maximum atomic E-state index is 11.2. The van der Waals surface area contributed by atoms with E-state index < -0.39 is 0 Å². The fourth-order valence-electron chi connectivity index (χ4n) is 1.88. The van der Waals surface area contributed by atoms with Gasteiger partial charge < -0.3 is 4.74 Å². The van der Waals surface area contributed by atoms with Gasteiger partial charge >= 0.3 is 5.97 Å². The van der Waals surface area contributed by atoms with Crippen LogP contribution < -0.4 is 0 Å². The van der Waals surface area contributed by atoms with Crippen LogP contribution >= 0.6 is 34.4 Å². The molecule has 1 aromatic carbocycles. The van der Waals surface area contributed by atoms with E-state index in [1.54, 1.807) is 11.8 Å². The van der Waals surface area contributed by atoms with Crippen molar-refractivity contribution in [2.24, 2.45) is 0 Å². The predicted octanol–water partition coefficient (Wildman–Crippen LogP) is 5.90. The number of ether oxygens (including phenoxy) is 1. The standard InChI is InChI=1S/C17H23IO2S/c1-3-4-5-6-10-16(20-14(2)19)13-21-12-15-9-7-8-11-17(15)18/h7-9,11,13H,3-6,10,12H2,1-2H3/b16-13-. The average Bonchev–Trinajstić information content (AvgIpc) is 2.45. The van der Waals surface area contributed by atoms with Gasteiger partial charge in [0.2, 0.25) is 0 Å². The molecule has 0 aliphatic heterocycles. The van der Waals surface area contributed by atoms with Crippen molar-refractivity contribution in [3.05, 3.63) is 44.6 Å². The summed E-state index contributed by atoms with van der Waals surface area (Å²) in [7, 11) is 0. The first-order chi connectivity index (χ1) is 10.1. The molecule has 0 atom stereocenters. The van der Waals surface area contributed by atoms with Gasteiger partial charge in [0.05, 0.1) is 0 Å². The van der Waals surface area contributed by atoms with E-state index in [0.717, 1.165) is 24.4 Å². The van der Waals surface area contributed by atoms with Crippen LogP contribution in [0.1, 0.15) is 51.5 Å². The molecule has 0 unspecified atom stereocenters. The van der Waals surface area contributed by atoms with E-state index in [-0.39, 0.29) is 5.97 Å². The fourth-order valence-corrected chi connectivity index (χ4v) is 3.59. The second-order valence-electron chi connectivity index (χ2n) is 4.89. The van der Waals surface area contributed by atoms with Crippen LogP contribution in [-0.4, -0.2) is 5.97 Å². The van der Waals surface area contributed by atoms with Crippen LogP contribution in [0.4, 0.5) is 0 Å². The molecule has 1 aromatic rings. The quantitative estimate of drug-likeness (QED) is 0.216. The normalized spacial score (nSPS) is 11.5. The Morgan fingerprint density at radius 2 is 2.05 bits per heavy atom.